The SMILES string of the molecule is COc1ccc(-c2ccc(F)cc2)cc1CNC1CCCN(C)C1c1ccccc1.Cl.Cl. The van der Waals surface area contributed by atoms with Crippen LogP contribution in [0.1, 0.15) is 30.0 Å². The Bertz CT molecular complexity index is 969. The van der Waals surface area contributed by atoms with Crippen molar-refractivity contribution in [2.24, 2.45) is 0 Å². The van der Waals surface area contributed by atoms with Crippen molar-refractivity contribution >= 4 is 24.8 Å². The van der Waals surface area contributed by atoms with Gasteiger partial charge >= 0.3 is 0 Å². The maximum absolute atomic E-state index is 13.3. The van der Waals surface area contributed by atoms with Crippen molar-refractivity contribution in [3.63, 3.8) is 0 Å². The summed E-state index contributed by atoms with van der Waals surface area (Å²) < 4.78 is 18.9. The van der Waals surface area contributed by atoms with Crippen molar-refractivity contribution in [1.29, 1.82) is 0 Å². The first-order chi connectivity index (χ1) is 14.7. The maximum atomic E-state index is 13.3. The summed E-state index contributed by atoms with van der Waals surface area (Å²) in [7, 11) is 3.92. The molecule has 0 spiro atoms. The number of rotatable bonds is 6. The molecular formula is C26H31Cl2FN2O. The van der Waals surface area contributed by atoms with Gasteiger partial charge in [0, 0.05) is 24.2 Å². The third-order valence-electron chi connectivity index (χ3n) is 6.04. The van der Waals surface area contributed by atoms with Gasteiger partial charge in [0.25, 0.3) is 0 Å². The molecule has 1 N–H and O–H groups in total. The summed E-state index contributed by atoms with van der Waals surface area (Å²) in [5.41, 5.74) is 4.52. The highest BCUT2D eigenvalue weighted by Crippen LogP contribution is 2.31. The van der Waals surface area contributed by atoms with Gasteiger partial charge in [-0.05, 0) is 67.4 Å². The third kappa shape index (κ3) is 6.02. The molecule has 172 valence electrons. The smallest absolute Gasteiger partial charge is 0.123 e. The average molecular weight is 477 g/mol. The molecule has 3 aromatic rings. The summed E-state index contributed by atoms with van der Waals surface area (Å²) >= 11 is 0. The molecule has 2 unspecified atom stereocenters. The number of benzene rings is 3. The summed E-state index contributed by atoms with van der Waals surface area (Å²) in [5.74, 6) is 0.649. The van der Waals surface area contributed by atoms with E-state index in [1.807, 2.05) is 24.3 Å². The van der Waals surface area contributed by atoms with Gasteiger partial charge in [0.1, 0.15) is 11.6 Å². The number of methoxy groups -OCH3 is 1. The van der Waals surface area contributed by atoms with E-state index in [1.165, 1.54) is 24.1 Å². The Morgan fingerprint density at radius 3 is 2.34 bits per heavy atom. The zero-order valence-electron chi connectivity index (χ0n) is 18.5. The second-order valence-electron chi connectivity index (χ2n) is 8.00. The molecule has 1 aliphatic heterocycles. The van der Waals surface area contributed by atoms with Crippen molar-refractivity contribution in [2.45, 2.75) is 31.5 Å². The molecule has 3 nitrogen and oxygen atoms in total. The second kappa shape index (κ2) is 12.2. The lowest BCUT2D eigenvalue weighted by atomic mass is 9.90. The van der Waals surface area contributed by atoms with Gasteiger partial charge in [0.15, 0.2) is 0 Å². The van der Waals surface area contributed by atoms with Crippen molar-refractivity contribution < 1.29 is 9.13 Å². The van der Waals surface area contributed by atoms with E-state index in [4.69, 9.17) is 4.74 Å². The fourth-order valence-electron chi connectivity index (χ4n) is 4.50. The van der Waals surface area contributed by atoms with Crippen LogP contribution in [0.15, 0.2) is 72.8 Å². The molecule has 1 aliphatic rings. The zero-order chi connectivity index (χ0) is 20.9. The molecule has 4 rings (SSSR count). The number of ether oxygens (including phenoxy) is 1. The van der Waals surface area contributed by atoms with Crippen molar-refractivity contribution in [2.75, 3.05) is 20.7 Å². The van der Waals surface area contributed by atoms with E-state index in [9.17, 15) is 4.39 Å². The lowest BCUT2D eigenvalue weighted by molar-refractivity contribution is 0.141. The first-order valence-electron chi connectivity index (χ1n) is 10.6. The van der Waals surface area contributed by atoms with Gasteiger partial charge in [0.05, 0.1) is 7.11 Å². The molecule has 0 bridgehead atoms. The quantitative estimate of drug-likeness (QED) is 0.453. The predicted molar refractivity (Wildman–Crippen MR) is 135 cm³/mol. The lowest BCUT2D eigenvalue weighted by Crippen LogP contribution is -2.46. The van der Waals surface area contributed by atoms with E-state index in [2.05, 4.69) is 53.7 Å². The third-order valence-corrected chi connectivity index (χ3v) is 6.04. The first kappa shape index (κ1) is 26.1. The highest BCUT2D eigenvalue weighted by molar-refractivity contribution is 5.85. The van der Waals surface area contributed by atoms with Crippen LogP contribution in [0.2, 0.25) is 0 Å². The number of likely N-dealkylation sites (tertiary alicyclic amines) is 1. The summed E-state index contributed by atoms with van der Waals surface area (Å²) in [5, 5.41) is 3.80. The Hall–Kier alpha value is -2.11. The summed E-state index contributed by atoms with van der Waals surface area (Å²) in [6, 6.07) is 24.3. The van der Waals surface area contributed by atoms with Gasteiger partial charge in [-0.1, -0.05) is 48.5 Å². The van der Waals surface area contributed by atoms with Crippen LogP contribution in [0, 0.1) is 5.82 Å². The molecule has 6 heteroatoms. The van der Waals surface area contributed by atoms with Gasteiger partial charge in [0.2, 0.25) is 0 Å². The molecule has 3 aromatic carbocycles. The molecule has 0 amide bonds. The second-order valence-corrected chi connectivity index (χ2v) is 8.00. The van der Waals surface area contributed by atoms with Crippen LogP contribution < -0.4 is 10.1 Å². The Morgan fingerprint density at radius 1 is 0.969 bits per heavy atom. The molecule has 0 aliphatic carbocycles. The van der Waals surface area contributed by atoms with Crippen molar-refractivity contribution in [1.82, 2.24) is 10.2 Å². The van der Waals surface area contributed by atoms with Gasteiger partial charge < -0.3 is 10.1 Å². The number of nitrogens with zero attached hydrogens (tertiary/aromatic N) is 1. The van der Waals surface area contributed by atoms with Crippen LogP contribution in [0.5, 0.6) is 5.75 Å². The maximum Gasteiger partial charge on any atom is 0.123 e. The van der Waals surface area contributed by atoms with E-state index < -0.39 is 0 Å². The summed E-state index contributed by atoms with van der Waals surface area (Å²) in [4.78, 5) is 2.45. The van der Waals surface area contributed by atoms with Crippen molar-refractivity contribution in [3.8, 4) is 16.9 Å². The van der Waals surface area contributed by atoms with Gasteiger partial charge in [-0.2, -0.15) is 0 Å². The van der Waals surface area contributed by atoms with E-state index in [1.54, 1.807) is 7.11 Å². The topological polar surface area (TPSA) is 24.5 Å². The van der Waals surface area contributed by atoms with E-state index in [-0.39, 0.29) is 30.6 Å². The minimum absolute atomic E-state index is 0. The lowest BCUT2D eigenvalue weighted by Gasteiger charge is -2.40. The molecule has 2 atom stereocenters. The van der Waals surface area contributed by atoms with Crippen molar-refractivity contribution in [3.05, 3.63) is 89.7 Å². The van der Waals surface area contributed by atoms with E-state index in [0.29, 0.717) is 12.1 Å². The van der Waals surface area contributed by atoms with Crippen LogP contribution in [0.3, 0.4) is 0 Å². The fourth-order valence-corrected chi connectivity index (χ4v) is 4.50. The molecule has 0 aromatic heterocycles. The van der Waals surface area contributed by atoms with E-state index >= 15 is 0 Å². The highest BCUT2D eigenvalue weighted by Gasteiger charge is 2.30. The monoisotopic (exact) mass is 476 g/mol. The Balaban J connectivity index is 0.00000181. The Kier molecular flexibility index (Phi) is 9.98. The first-order valence-corrected chi connectivity index (χ1v) is 10.6. The van der Waals surface area contributed by atoms with Crippen LogP contribution in [-0.4, -0.2) is 31.6 Å². The number of piperidine rings is 1. The zero-order valence-corrected chi connectivity index (χ0v) is 20.1. The standard InChI is InChI=1S/C26H29FN2O.2ClH/c1-29-16-6-9-24(26(29)20-7-4-3-5-8-20)28-18-22-17-21(12-15-25(22)30-2)19-10-13-23(27)14-11-19;;/h3-5,7-8,10-15,17,24,26,28H,6,9,16,18H2,1-2H3;2*1H. The fraction of sp³-hybridized carbons (Fsp3) is 0.308. The predicted octanol–water partition coefficient (Wildman–Crippen LogP) is 6.27. The number of hydrogen-bond donors (Lipinski definition) is 1. The number of likely N-dealkylation sites (N-methyl/N-ethyl adjacent to an activating group) is 1. The minimum atomic E-state index is -0.220. The van der Waals surface area contributed by atoms with Gasteiger partial charge in [-0.15, -0.1) is 24.8 Å². The number of halogens is 3. The molecule has 1 heterocycles. The number of nitrogens with one attached hydrogen (secondary N) is 1. The van der Waals surface area contributed by atoms with Crippen LogP contribution in [0.4, 0.5) is 4.39 Å². The van der Waals surface area contributed by atoms with Crippen LogP contribution in [-0.2, 0) is 6.54 Å². The van der Waals surface area contributed by atoms with E-state index in [0.717, 1.165) is 42.0 Å². The molecule has 0 saturated carbocycles. The molecule has 32 heavy (non-hydrogen) atoms. The van der Waals surface area contributed by atoms with Crippen LogP contribution in [0.25, 0.3) is 11.1 Å². The van der Waals surface area contributed by atoms with Gasteiger partial charge in [-0.25, -0.2) is 4.39 Å². The molecular weight excluding hydrogens is 446 g/mol. The average Bonchev–Trinajstić information content (AvgIpc) is 2.78. The number of hydrogen-bond acceptors (Lipinski definition) is 3. The summed E-state index contributed by atoms with van der Waals surface area (Å²) in [6.45, 7) is 1.83. The highest BCUT2D eigenvalue weighted by atomic mass is 35.5. The molecule has 1 saturated heterocycles. The van der Waals surface area contributed by atoms with Crippen LogP contribution >= 0.6 is 24.8 Å². The molecule has 1 fully saturated rings. The normalized spacial score (nSPS) is 18.3. The van der Waals surface area contributed by atoms with Gasteiger partial charge in [-0.3, -0.25) is 4.90 Å². The summed E-state index contributed by atoms with van der Waals surface area (Å²) in [6.07, 6.45) is 2.33. The largest absolute Gasteiger partial charge is 0.496 e. The Labute approximate surface area is 202 Å². The Morgan fingerprint density at radius 2 is 1.66 bits per heavy atom. The molecule has 0 radical (unpaired) electrons. The minimum Gasteiger partial charge on any atom is -0.496 e.